The number of benzene rings is 3. The Hall–Kier alpha value is -4.10. The van der Waals surface area contributed by atoms with Gasteiger partial charge in [-0.15, -0.1) is 5.10 Å². The number of aromatic nitrogens is 3. The van der Waals surface area contributed by atoms with Gasteiger partial charge in [-0.3, -0.25) is 10.1 Å². The highest BCUT2D eigenvalue weighted by molar-refractivity contribution is 6.30. The highest BCUT2D eigenvalue weighted by Gasteiger charge is 2.31. The summed E-state index contributed by atoms with van der Waals surface area (Å²) in [4.78, 5) is 17.1. The quantitative estimate of drug-likeness (QED) is 0.340. The molecule has 2 unspecified atom stereocenters. The summed E-state index contributed by atoms with van der Waals surface area (Å²) < 4.78 is 7.00. The van der Waals surface area contributed by atoms with Crippen LogP contribution in [-0.4, -0.2) is 27.8 Å². The van der Waals surface area contributed by atoms with Gasteiger partial charge in [0.25, 0.3) is 11.9 Å². The van der Waals surface area contributed by atoms with E-state index in [1.165, 1.54) is 6.08 Å². The fourth-order valence-electron chi connectivity index (χ4n) is 4.14. The number of halogens is 1. The molecule has 0 radical (unpaired) electrons. The van der Waals surface area contributed by atoms with E-state index in [9.17, 15) is 4.79 Å². The van der Waals surface area contributed by atoms with Crippen LogP contribution in [0.2, 0.25) is 5.02 Å². The van der Waals surface area contributed by atoms with Gasteiger partial charge in [0.05, 0.1) is 19.2 Å². The van der Waals surface area contributed by atoms with Crippen molar-refractivity contribution in [3.05, 3.63) is 107 Å². The molecule has 0 aliphatic carbocycles. The first-order valence-corrected chi connectivity index (χ1v) is 11.6. The van der Waals surface area contributed by atoms with Crippen LogP contribution in [0.5, 0.6) is 5.75 Å². The Kier molecular flexibility index (Phi) is 6.50. The van der Waals surface area contributed by atoms with Gasteiger partial charge in [-0.05, 0) is 53.5 Å². The average molecular weight is 486 g/mol. The molecule has 2 atom stereocenters. The Balaban J connectivity index is 1.37. The Morgan fingerprint density at radius 2 is 1.80 bits per heavy atom. The van der Waals surface area contributed by atoms with Gasteiger partial charge in [0, 0.05) is 11.1 Å². The van der Waals surface area contributed by atoms with E-state index < -0.39 is 0 Å². The summed E-state index contributed by atoms with van der Waals surface area (Å²) in [6.45, 7) is 0. The summed E-state index contributed by atoms with van der Waals surface area (Å²) >= 11 is 6.09. The molecule has 176 valence electrons. The largest absolute Gasteiger partial charge is 0.497 e. The highest BCUT2D eigenvalue weighted by atomic mass is 35.5. The van der Waals surface area contributed by atoms with Crippen molar-refractivity contribution >= 4 is 35.5 Å². The molecule has 1 aliphatic rings. The number of anilines is 2. The number of hydrogen-bond acceptors (Lipinski definition) is 5. The molecule has 35 heavy (non-hydrogen) atoms. The molecule has 1 aromatic heterocycles. The van der Waals surface area contributed by atoms with Crippen LogP contribution in [0.15, 0.2) is 84.9 Å². The molecule has 0 fully saturated rings. The number of carbonyl (C=O) groups is 1. The number of hydrogen-bond donors (Lipinski definition) is 2. The minimum absolute atomic E-state index is 0.0210. The summed E-state index contributed by atoms with van der Waals surface area (Å²) in [6.07, 6.45) is 3.96. The maximum absolute atomic E-state index is 12.5. The van der Waals surface area contributed by atoms with Gasteiger partial charge in [-0.25, -0.2) is 4.68 Å². The molecule has 4 aromatic rings. The second-order valence-electron chi connectivity index (χ2n) is 8.21. The molecule has 1 amide bonds. The minimum atomic E-state index is -0.311. The van der Waals surface area contributed by atoms with Gasteiger partial charge in [-0.2, -0.15) is 4.98 Å². The number of ether oxygens (including phenoxy) is 1. The van der Waals surface area contributed by atoms with Crippen LogP contribution < -0.4 is 15.4 Å². The van der Waals surface area contributed by atoms with E-state index in [-0.39, 0.29) is 23.9 Å². The third kappa shape index (κ3) is 5.20. The van der Waals surface area contributed by atoms with Crippen molar-refractivity contribution in [1.29, 1.82) is 0 Å². The number of nitrogens with one attached hydrogen (secondary N) is 2. The zero-order valence-corrected chi connectivity index (χ0v) is 19.8. The maximum Gasteiger partial charge on any atom is 0.250 e. The Bertz CT molecular complexity index is 1330. The molecule has 2 N–H and O–H groups in total. The van der Waals surface area contributed by atoms with E-state index in [4.69, 9.17) is 16.3 Å². The molecule has 8 heteroatoms. The van der Waals surface area contributed by atoms with Crippen LogP contribution in [0.1, 0.15) is 35.2 Å². The van der Waals surface area contributed by atoms with Crippen molar-refractivity contribution in [3.8, 4) is 5.75 Å². The van der Waals surface area contributed by atoms with Gasteiger partial charge in [0.1, 0.15) is 5.75 Å². The van der Waals surface area contributed by atoms with E-state index >= 15 is 0 Å². The molecule has 0 saturated carbocycles. The van der Waals surface area contributed by atoms with E-state index in [2.05, 4.69) is 32.8 Å². The molecule has 0 spiro atoms. The van der Waals surface area contributed by atoms with Gasteiger partial charge >= 0.3 is 0 Å². The SMILES string of the molecule is COc1ccc(/C=C/C(=O)Nc2nc3n(n2)C(c2ccccc2)CC(c2ccc(Cl)cc2)N3)cc1. The first kappa shape index (κ1) is 22.7. The molecule has 0 saturated heterocycles. The van der Waals surface area contributed by atoms with Crippen LogP contribution in [-0.2, 0) is 4.79 Å². The lowest BCUT2D eigenvalue weighted by molar-refractivity contribution is -0.111. The van der Waals surface area contributed by atoms with Gasteiger partial charge in [0.2, 0.25) is 5.95 Å². The van der Waals surface area contributed by atoms with Crippen molar-refractivity contribution in [2.24, 2.45) is 0 Å². The number of fused-ring (bicyclic) bond motifs is 1. The fraction of sp³-hybridized carbons (Fsp3) is 0.148. The van der Waals surface area contributed by atoms with Crippen LogP contribution in [0, 0.1) is 0 Å². The predicted octanol–water partition coefficient (Wildman–Crippen LogP) is 5.74. The molecular formula is C27H24ClN5O2. The van der Waals surface area contributed by atoms with Crippen molar-refractivity contribution in [1.82, 2.24) is 14.8 Å². The number of amides is 1. The third-order valence-electron chi connectivity index (χ3n) is 5.92. The Morgan fingerprint density at radius 3 is 2.51 bits per heavy atom. The number of methoxy groups -OCH3 is 1. The Morgan fingerprint density at radius 1 is 1.06 bits per heavy atom. The molecule has 3 aromatic carbocycles. The molecule has 1 aliphatic heterocycles. The van der Waals surface area contributed by atoms with E-state index in [0.29, 0.717) is 11.0 Å². The second kappa shape index (κ2) is 10.0. The van der Waals surface area contributed by atoms with Crippen LogP contribution in [0.25, 0.3) is 6.08 Å². The standard InChI is InChI=1S/C27H24ClN5O2/c1-35-22-14-7-18(8-15-22)9-16-25(34)30-26-31-27-29-23(19-10-12-21(28)13-11-19)17-24(33(27)32-26)20-5-3-2-4-6-20/h2-16,23-24H,17H2,1H3,(H2,29,30,31,32,34)/b16-9+. The molecule has 2 heterocycles. The van der Waals surface area contributed by atoms with Crippen molar-refractivity contribution < 1.29 is 9.53 Å². The monoisotopic (exact) mass is 485 g/mol. The number of nitrogens with zero attached hydrogens (tertiary/aromatic N) is 3. The summed E-state index contributed by atoms with van der Waals surface area (Å²) in [5, 5.41) is 11.5. The summed E-state index contributed by atoms with van der Waals surface area (Å²) in [5.41, 5.74) is 3.11. The van der Waals surface area contributed by atoms with Crippen molar-refractivity contribution in [3.63, 3.8) is 0 Å². The normalized spacial score (nSPS) is 17.0. The second-order valence-corrected chi connectivity index (χ2v) is 8.65. The fourth-order valence-corrected chi connectivity index (χ4v) is 4.26. The number of carbonyl (C=O) groups excluding carboxylic acids is 1. The van der Waals surface area contributed by atoms with Crippen LogP contribution in [0.4, 0.5) is 11.9 Å². The van der Waals surface area contributed by atoms with Crippen LogP contribution >= 0.6 is 11.6 Å². The Labute approximate surface area is 208 Å². The van der Waals surface area contributed by atoms with E-state index in [1.54, 1.807) is 13.2 Å². The smallest absolute Gasteiger partial charge is 0.250 e. The molecule has 0 bridgehead atoms. The van der Waals surface area contributed by atoms with E-state index in [0.717, 1.165) is 28.9 Å². The zero-order chi connectivity index (χ0) is 24.2. The lowest BCUT2D eigenvalue weighted by Crippen LogP contribution is -2.28. The minimum Gasteiger partial charge on any atom is -0.497 e. The lowest BCUT2D eigenvalue weighted by atomic mass is 9.93. The molecular weight excluding hydrogens is 462 g/mol. The van der Waals surface area contributed by atoms with Crippen molar-refractivity contribution in [2.45, 2.75) is 18.5 Å². The first-order valence-electron chi connectivity index (χ1n) is 11.3. The van der Waals surface area contributed by atoms with E-state index in [1.807, 2.05) is 71.4 Å². The van der Waals surface area contributed by atoms with Crippen molar-refractivity contribution in [2.75, 3.05) is 17.7 Å². The lowest BCUT2D eigenvalue weighted by Gasteiger charge is -2.31. The summed E-state index contributed by atoms with van der Waals surface area (Å²) in [6, 6.07) is 25.4. The molecule has 7 nitrogen and oxygen atoms in total. The van der Waals surface area contributed by atoms with Gasteiger partial charge in [0.15, 0.2) is 0 Å². The maximum atomic E-state index is 12.5. The first-order chi connectivity index (χ1) is 17.1. The third-order valence-corrected chi connectivity index (χ3v) is 6.18. The highest BCUT2D eigenvalue weighted by Crippen LogP contribution is 2.38. The predicted molar refractivity (Wildman–Crippen MR) is 138 cm³/mol. The summed E-state index contributed by atoms with van der Waals surface area (Å²) in [7, 11) is 1.62. The molecule has 5 rings (SSSR count). The topological polar surface area (TPSA) is 81.1 Å². The van der Waals surface area contributed by atoms with Gasteiger partial charge < -0.3 is 10.1 Å². The number of rotatable bonds is 6. The average Bonchev–Trinajstić information content (AvgIpc) is 3.30. The summed E-state index contributed by atoms with van der Waals surface area (Å²) in [5.74, 6) is 1.29. The van der Waals surface area contributed by atoms with Crippen LogP contribution in [0.3, 0.4) is 0 Å². The van der Waals surface area contributed by atoms with Gasteiger partial charge in [-0.1, -0.05) is 66.2 Å². The zero-order valence-electron chi connectivity index (χ0n) is 19.1.